The second-order valence-electron chi connectivity index (χ2n) is 7.71. The summed E-state index contributed by atoms with van der Waals surface area (Å²) in [4.78, 5) is 13.7. The van der Waals surface area contributed by atoms with E-state index in [0.717, 1.165) is 0 Å². The van der Waals surface area contributed by atoms with Gasteiger partial charge in [-0.3, -0.25) is 10.2 Å². The van der Waals surface area contributed by atoms with Crippen LogP contribution < -0.4 is 10.6 Å². The number of urea groups is 1. The molecule has 0 spiro atoms. The Bertz CT molecular complexity index is 1070. The van der Waals surface area contributed by atoms with Gasteiger partial charge in [-0.25, -0.2) is 4.79 Å². The third-order valence-electron chi connectivity index (χ3n) is 5.44. The smallest absolute Gasteiger partial charge is 0.325 e. The van der Waals surface area contributed by atoms with Gasteiger partial charge in [0.2, 0.25) is 5.13 Å². The Morgan fingerprint density at radius 2 is 1.94 bits per heavy atom. The van der Waals surface area contributed by atoms with Crippen molar-refractivity contribution in [3.8, 4) is 6.07 Å². The Morgan fingerprint density at radius 1 is 1.30 bits per heavy atom. The summed E-state index contributed by atoms with van der Waals surface area (Å²) in [6, 6.07) is 8.01. The molecule has 0 bridgehead atoms. The first-order valence-electron chi connectivity index (χ1n) is 9.89. The summed E-state index contributed by atoms with van der Waals surface area (Å²) >= 11 is 2.75. The zero-order chi connectivity index (χ0) is 23.9. The predicted octanol–water partition coefficient (Wildman–Crippen LogP) is 0.134. The molecule has 33 heavy (non-hydrogen) atoms. The number of rotatable bonds is 6. The van der Waals surface area contributed by atoms with Crippen LogP contribution in [0.1, 0.15) is 18.4 Å². The van der Waals surface area contributed by atoms with Crippen molar-refractivity contribution in [3.05, 3.63) is 29.8 Å². The van der Waals surface area contributed by atoms with Crippen molar-refractivity contribution in [2.24, 2.45) is 0 Å². The number of likely N-dealkylation sites (tertiary alicyclic amines) is 1. The number of hydrogen-bond acceptors (Lipinski definition) is 10. The van der Waals surface area contributed by atoms with E-state index >= 15 is 0 Å². The molecule has 2 saturated heterocycles. The maximum absolute atomic E-state index is 12.2. The number of aliphatic hydroxyl groups is 2. The molecule has 2 amide bonds. The Labute approximate surface area is 202 Å². The number of anilines is 2. The van der Waals surface area contributed by atoms with E-state index in [2.05, 4.69) is 20.8 Å². The Balaban J connectivity index is 1.25. The van der Waals surface area contributed by atoms with E-state index in [1.165, 1.54) is 28.0 Å². The number of carbonyl (C=O) groups excluding carboxylic acids is 1. The van der Waals surface area contributed by atoms with Gasteiger partial charge in [0.25, 0.3) is 0 Å². The number of nitriles is 1. The molecule has 10 nitrogen and oxygen atoms in total. The van der Waals surface area contributed by atoms with Crippen molar-refractivity contribution in [1.29, 1.82) is 5.26 Å². The van der Waals surface area contributed by atoms with Crippen molar-refractivity contribution in [3.63, 3.8) is 0 Å². The molecule has 4 N–H and O–H groups in total. The number of carbonyl (C=O) groups is 1. The highest BCUT2D eigenvalue weighted by Crippen LogP contribution is 2.49. The highest BCUT2D eigenvalue weighted by Gasteiger charge is 2.71. The number of thioether (sulfide) groups is 1. The summed E-state index contributed by atoms with van der Waals surface area (Å²) < 4.78 is 5.52. The molecular weight excluding hydrogens is 461 g/mol. The standard InChI is InChI=1S/C18H17B3N6O4S2/c19-16(18(21,30)31-16)17(20,29)27-7-5-12(6-8-27)32-15-26-25-14(33-15)24-13(28)23-11-3-1-10(9-22)2-4-11/h1-4,12,29-30H,5-8H2,(H2,23,24,25,28). The van der Waals surface area contributed by atoms with Gasteiger partial charge in [0, 0.05) is 24.0 Å². The van der Waals surface area contributed by atoms with Crippen molar-refractivity contribution >= 4 is 63.5 Å². The van der Waals surface area contributed by atoms with Crippen molar-refractivity contribution in [1.82, 2.24) is 15.1 Å². The summed E-state index contributed by atoms with van der Waals surface area (Å²) in [5, 5.41) is 43.0. The molecule has 164 valence electrons. The highest BCUT2D eigenvalue weighted by atomic mass is 32.2. The largest absolute Gasteiger partial charge is 0.383 e. The van der Waals surface area contributed by atoms with Crippen LogP contribution in [-0.4, -0.2) is 90.0 Å². The third-order valence-corrected chi connectivity index (χ3v) is 7.70. The molecule has 0 aliphatic carbocycles. The van der Waals surface area contributed by atoms with E-state index in [0.29, 0.717) is 46.7 Å². The first-order chi connectivity index (χ1) is 15.5. The van der Waals surface area contributed by atoms with Crippen LogP contribution in [0.4, 0.5) is 15.6 Å². The van der Waals surface area contributed by atoms with E-state index in [9.17, 15) is 15.0 Å². The first kappa shape index (κ1) is 24.1. The van der Waals surface area contributed by atoms with Crippen LogP contribution in [0.25, 0.3) is 0 Å². The fourth-order valence-corrected chi connectivity index (χ4v) is 5.58. The fraction of sp³-hybridized carbons (Fsp3) is 0.444. The first-order valence-corrected chi connectivity index (χ1v) is 11.6. The molecule has 0 saturated carbocycles. The Morgan fingerprint density at radius 3 is 2.52 bits per heavy atom. The van der Waals surface area contributed by atoms with Gasteiger partial charge in [0.05, 0.1) is 17.3 Å². The van der Waals surface area contributed by atoms with E-state index < -0.39 is 22.8 Å². The van der Waals surface area contributed by atoms with Crippen LogP contribution in [0.15, 0.2) is 28.6 Å². The van der Waals surface area contributed by atoms with Gasteiger partial charge in [-0.05, 0) is 37.1 Å². The second kappa shape index (κ2) is 8.94. The quantitative estimate of drug-likeness (QED) is 0.259. The van der Waals surface area contributed by atoms with Gasteiger partial charge in [-0.1, -0.05) is 23.1 Å². The minimum absolute atomic E-state index is 0.177. The SMILES string of the molecule is [B]C1(O)OC1([B])C([B])(O)N1CCC(Sc2nnc(NC(=O)Nc3ccc(C#N)cc3)s2)CC1. The third kappa shape index (κ3) is 4.91. The number of benzene rings is 1. The minimum atomic E-state index is -2.18. The number of amides is 2. The Hall–Kier alpha value is -2.08. The lowest BCUT2D eigenvalue weighted by molar-refractivity contribution is -0.0776. The molecule has 2 aliphatic heterocycles. The van der Waals surface area contributed by atoms with Gasteiger partial charge in [-0.2, -0.15) is 5.26 Å². The number of piperidine rings is 1. The van der Waals surface area contributed by atoms with Crippen LogP contribution in [0.3, 0.4) is 0 Å². The lowest BCUT2D eigenvalue weighted by atomic mass is 9.60. The van der Waals surface area contributed by atoms with Crippen LogP contribution >= 0.6 is 23.1 Å². The number of aromatic nitrogens is 2. The maximum atomic E-state index is 12.2. The average molecular weight is 478 g/mol. The van der Waals surface area contributed by atoms with Gasteiger partial charge in [0.1, 0.15) is 26.9 Å². The summed E-state index contributed by atoms with van der Waals surface area (Å²) in [5.41, 5.74) is -5.21. The predicted molar refractivity (Wildman–Crippen MR) is 125 cm³/mol. The van der Waals surface area contributed by atoms with Gasteiger partial charge < -0.3 is 20.3 Å². The van der Waals surface area contributed by atoms with Crippen LogP contribution in [0, 0.1) is 11.3 Å². The summed E-state index contributed by atoms with van der Waals surface area (Å²) in [6.45, 7) is 0.805. The normalized spacial score (nSPS) is 27.3. The average Bonchev–Trinajstić information content (AvgIpc) is 3.07. The van der Waals surface area contributed by atoms with Crippen LogP contribution in [-0.2, 0) is 4.74 Å². The van der Waals surface area contributed by atoms with Gasteiger partial charge in [-0.15, -0.1) is 10.2 Å². The molecule has 2 aliphatic rings. The molecule has 2 fully saturated rings. The molecule has 3 atom stereocenters. The molecule has 6 radical (unpaired) electrons. The molecule has 1 aromatic carbocycles. The summed E-state index contributed by atoms with van der Waals surface area (Å²) in [7, 11) is 17.2. The van der Waals surface area contributed by atoms with E-state index in [-0.39, 0.29) is 5.25 Å². The zero-order valence-electron chi connectivity index (χ0n) is 17.3. The van der Waals surface area contributed by atoms with Crippen molar-refractivity contribution < 1.29 is 19.7 Å². The number of nitrogens with zero attached hydrogens (tertiary/aromatic N) is 4. The molecule has 3 heterocycles. The molecule has 15 heteroatoms. The summed E-state index contributed by atoms with van der Waals surface area (Å²) in [6.07, 6.45) is 1.32. The monoisotopic (exact) mass is 478 g/mol. The number of nitrogens with one attached hydrogen (secondary N) is 2. The second-order valence-corrected chi connectivity index (χ2v) is 10.2. The van der Waals surface area contributed by atoms with Gasteiger partial charge in [0.15, 0.2) is 12.2 Å². The van der Waals surface area contributed by atoms with Crippen molar-refractivity contribution in [2.75, 3.05) is 23.7 Å². The topological polar surface area (TPSA) is 147 Å². The highest BCUT2D eigenvalue weighted by molar-refractivity contribution is 8.01. The number of hydrogen-bond donors (Lipinski definition) is 4. The van der Waals surface area contributed by atoms with E-state index in [4.69, 9.17) is 33.5 Å². The molecule has 4 rings (SSSR count). The lowest BCUT2D eigenvalue weighted by Crippen LogP contribution is -2.64. The maximum Gasteiger partial charge on any atom is 0.325 e. The fourth-order valence-electron chi connectivity index (χ4n) is 3.45. The van der Waals surface area contributed by atoms with E-state index in [1.54, 1.807) is 24.3 Å². The van der Waals surface area contributed by atoms with Crippen LogP contribution in [0.2, 0.25) is 0 Å². The summed E-state index contributed by atoms with van der Waals surface area (Å²) in [5.74, 6) is 0. The molecule has 2 aromatic rings. The number of ether oxygens (including phenoxy) is 1. The van der Waals surface area contributed by atoms with Gasteiger partial charge >= 0.3 is 6.03 Å². The number of epoxide rings is 1. The minimum Gasteiger partial charge on any atom is -0.383 e. The molecule has 1 aromatic heterocycles. The van der Waals surface area contributed by atoms with Crippen LogP contribution in [0.5, 0.6) is 0 Å². The van der Waals surface area contributed by atoms with E-state index in [1.807, 2.05) is 6.07 Å². The molecule has 3 unspecified atom stereocenters. The Kier molecular flexibility index (Phi) is 6.52. The zero-order valence-corrected chi connectivity index (χ0v) is 18.9. The van der Waals surface area contributed by atoms with Crippen molar-refractivity contribution in [2.45, 2.75) is 39.2 Å². The lowest BCUT2D eigenvalue weighted by Gasteiger charge is -2.45. The molecular formula is C18H17B3N6O4S2.